The Hall–Kier alpha value is -1.51. The molecule has 1 amide bonds. The van der Waals surface area contributed by atoms with Gasteiger partial charge in [-0.15, -0.1) is 0 Å². The normalized spacial score (nSPS) is 17.7. The molecule has 1 saturated heterocycles. The Kier molecular flexibility index (Phi) is 5.72. The molecule has 3 N–H and O–H groups in total. The highest BCUT2D eigenvalue weighted by molar-refractivity contribution is 7.91. The number of halogens is 1. The minimum Gasteiger partial charge on any atom is -0.496 e. The zero-order valence-electron chi connectivity index (χ0n) is 12.8. The van der Waals surface area contributed by atoms with Crippen LogP contribution in [0, 0.1) is 0 Å². The van der Waals surface area contributed by atoms with E-state index in [0.717, 1.165) is 0 Å². The van der Waals surface area contributed by atoms with Crippen LogP contribution < -0.4 is 15.8 Å². The number of methoxy groups -OCH3 is 1. The van der Waals surface area contributed by atoms with Crippen LogP contribution in [0.25, 0.3) is 0 Å². The Morgan fingerprint density at radius 1 is 1.39 bits per heavy atom. The maximum Gasteiger partial charge on any atom is 0.255 e. The molecule has 1 aliphatic heterocycles. The van der Waals surface area contributed by atoms with E-state index in [1.165, 1.54) is 19.2 Å². The molecule has 0 atom stereocenters. The minimum absolute atomic E-state index is 0.169. The van der Waals surface area contributed by atoms with Crippen molar-refractivity contribution >= 4 is 33.0 Å². The molecule has 0 spiro atoms. The third-order valence-electron chi connectivity index (χ3n) is 3.71. The maximum absolute atomic E-state index is 12.2. The monoisotopic (exact) mass is 361 g/mol. The Balaban J connectivity index is 1.89. The van der Waals surface area contributed by atoms with Crippen molar-refractivity contribution in [3.8, 4) is 5.75 Å². The van der Waals surface area contributed by atoms with Gasteiger partial charge < -0.3 is 15.8 Å². The summed E-state index contributed by atoms with van der Waals surface area (Å²) >= 11 is 5.94. The van der Waals surface area contributed by atoms with Crippen LogP contribution in [0.3, 0.4) is 0 Å². The van der Waals surface area contributed by atoms with E-state index in [2.05, 4.69) is 5.32 Å². The third-order valence-corrected chi connectivity index (χ3v) is 5.65. The Morgan fingerprint density at radius 2 is 2.04 bits per heavy atom. The Bertz CT molecular complexity index is 680. The van der Waals surface area contributed by atoms with Gasteiger partial charge in [-0.2, -0.15) is 0 Å². The molecule has 0 bridgehead atoms. The molecule has 1 heterocycles. The average molecular weight is 362 g/mol. The number of rotatable bonds is 5. The number of nitrogens with zero attached hydrogens (tertiary/aromatic N) is 1. The molecule has 9 heteroatoms. The molecular formula is C14H20ClN3O4S. The number of ether oxygens (including phenoxy) is 1. The lowest BCUT2D eigenvalue weighted by molar-refractivity contribution is 0.0945. The number of nitrogens with two attached hydrogens (primary N) is 1. The zero-order chi connectivity index (χ0) is 17.0. The molecule has 0 radical (unpaired) electrons. The quantitative estimate of drug-likeness (QED) is 0.736. The second kappa shape index (κ2) is 7.37. The van der Waals surface area contributed by atoms with Gasteiger partial charge >= 0.3 is 0 Å². The number of carbonyl (C=O) groups is 1. The summed E-state index contributed by atoms with van der Waals surface area (Å²) in [7, 11) is -1.44. The van der Waals surface area contributed by atoms with Gasteiger partial charge in [0.25, 0.3) is 5.91 Å². The van der Waals surface area contributed by atoms with Crippen LogP contribution in [0.5, 0.6) is 5.75 Å². The molecule has 0 saturated carbocycles. The van der Waals surface area contributed by atoms with Crippen molar-refractivity contribution in [2.75, 3.05) is 50.5 Å². The summed E-state index contributed by atoms with van der Waals surface area (Å²) < 4.78 is 27.9. The number of amides is 1. The van der Waals surface area contributed by atoms with Crippen LogP contribution in [-0.4, -0.2) is 64.0 Å². The number of nitrogen functional groups attached to an aromatic ring is 1. The topological polar surface area (TPSA) is 102 Å². The van der Waals surface area contributed by atoms with Crippen LogP contribution in [0.15, 0.2) is 12.1 Å². The second-order valence-corrected chi connectivity index (χ2v) is 8.03. The van der Waals surface area contributed by atoms with Crippen molar-refractivity contribution in [1.82, 2.24) is 10.2 Å². The van der Waals surface area contributed by atoms with Crippen LogP contribution in [-0.2, 0) is 9.84 Å². The minimum atomic E-state index is -2.89. The van der Waals surface area contributed by atoms with Crippen LogP contribution in [0.4, 0.5) is 5.69 Å². The molecule has 23 heavy (non-hydrogen) atoms. The number of benzene rings is 1. The van der Waals surface area contributed by atoms with E-state index in [9.17, 15) is 13.2 Å². The molecule has 0 aromatic heterocycles. The van der Waals surface area contributed by atoms with E-state index < -0.39 is 9.84 Å². The molecule has 1 aromatic carbocycles. The molecular weight excluding hydrogens is 342 g/mol. The van der Waals surface area contributed by atoms with Crippen molar-refractivity contribution in [3.05, 3.63) is 22.7 Å². The number of hydrogen-bond donors (Lipinski definition) is 2. The van der Waals surface area contributed by atoms with Gasteiger partial charge in [0.2, 0.25) is 0 Å². The van der Waals surface area contributed by atoms with Crippen LogP contribution in [0.2, 0.25) is 5.02 Å². The van der Waals surface area contributed by atoms with Crippen molar-refractivity contribution in [2.24, 2.45) is 0 Å². The van der Waals surface area contributed by atoms with Crippen molar-refractivity contribution in [1.29, 1.82) is 0 Å². The van der Waals surface area contributed by atoms with E-state index in [1.54, 1.807) is 0 Å². The Labute approximate surface area is 140 Å². The van der Waals surface area contributed by atoms with E-state index in [4.69, 9.17) is 22.1 Å². The predicted molar refractivity (Wildman–Crippen MR) is 89.8 cm³/mol. The summed E-state index contributed by atoms with van der Waals surface area (Å²) in [4.78, 5) is 14.2. The fourth-order valence-electron chi connectivity index (χ4n) is 2.31. The number of anilines is 1. The molecule has 1 aromatic rings. The fraction of sp³-hybridized carbons (Fsp3) is 0.500. The van der Waals surface area contributed by atoms with E-state index in [1.807, 2.05) is 4.90 Å². The lowest BCUT2D eigenvalue weighted by atomic mass is 10.1. The van der Waals surface area contributed by atoms with Gasteiger partial charge in [-0.05, 0) is 6.07 Å². The van der Waals surface area contributed by atoms with E-state index in [0.29, 0.717) is 43.2 Å². The predicted octanol–water partition coefficient (Wildman–Crippen LogP) is 0.391. The first-order valence-electron chi connectivity index (χ1n) is 7.16. The first-order chi connectivity index (χ1) is 10.8. The molecule has 1 fully saturated rings. The molecule has 128 valence electrons. The number of hydrogen-bond acceptors (Lipinski definition) is 6. The molecule has 0 aliphatic carbocycles. The number of nitrogens with one attached hydrogen (secondary N) is 1. The zero-order valence-corrected chi connectivity index (χ0v) is 14.4. The van der Waals surface area contributed by atoms with Gasteiger partial charge in [0, 0.05) is 32.2 Å². The van der Waals surface area contributed by atoms with E-state index in [-0.39, 0.29) is 22.4 Å². The van der Waals surface area contributed by atoms with E-state index >= 15 is 0 Å². The molecule has 2 rings (SSSR count). The summed E-state index contributed by atoms with van der Waals surface area (Å²) in [6.45, 7) is 1.99. The highest BCUT2D eigenvalue weighted by Gasteiger charge is 2.21. The maximum atomic E-state index is 12.2. The van der Waals surface area contributed by atoms with Gasteiger partial charge in [-0.3, -0.25) is 9.69 Å². The summed E-state index contributed by atoms with van der Waals surface area (Å²) in [5.41, 5.74) is 6.34. The van der Waals surface area contributed by atoms with Gasteiger partial charge in [0.1, 0.15) is 5.75 Å². The number of sulfone groups is 1. The van der Waals surface area contributed by atoms with Crippen LogP contribution >= 0.6 is 11.6 Å². The lowest BCUT2D eigenvalue weighted by Gasteiger charge is -2.26. The second-order valence-electron chi connectivity index (χ2n) is 5.32. The summed E-state index contributed by atoms with van der Waals surface area (Å²) in [5, 5.41) is 3.07. The average Bonchev–Trinajstić information content (AvgIpc) is 2.51. The van der Waals surface area contributed by atoms with Gasteiger partial charge in [0.15, 0.2) is 9.84 Å². The molecule has 1 aliphatic rings. The fourth-order valence-corrected chi connectivity index (χ4v) is 3.75. The SMILES string of the molecule is COc1cc(N)c(Cl)cc1C(=O)NCCN1CCS(=O)(=O)CC1. The summed E-state index contributed by atoms with van der Waals surface area (Å²) in [5.74, 6) is 0.381. The lowest BCUT2D eigenvalue weighted by Crippen LogP contribution is -2.43. The van der Waals surface area contributed by atoms with Gasteiger partial charge in [-0.1, -0.05) is 11.6 Å². The smallest absolute Gasteiger partial charge is 0.255 e. The first kappa shape index (κ1) is 17.8. The van der Waals surface area contributed by atoms with Crippen molar-refractivity contribution in [2.45, 2.75) is 0 Å². The molecule has 0 unspecified atom stereocenters. The Morgan fingerprint density at radius 3 is 2.65 bits per heavy atom. The van der Waals surface area contributed by atoms with Crippen LogP contribution in [0.1, 0.15) is 10.4 Å². The molecule has 7 nitrogen and oxygen atoms in total. The van der Waals surface area contributed by atoms with Crippen molar-refractivity contribution in [3.63, 3.8) is 0 Å². The standard InChI is InChI=1S/C14H20ClN3O4S/c1-22-13-9-12(16)11(15)8-10(13)14(19)17-2-3-18-4-6-23(20,21)7-5-18/h8-9H,2-7,16H2,1H3,(H,17,19). The van der Waals surface area contributed by atoms with Crippen molar-refractivity contribution < 1.29 is 17.9 Å². The largest absolute Gasteiger partial charge is 0.496 e. The third kappa shape index (κ3) is 4.73. The number of carbonyl (C=O) groups excluding carboxylic acids is 1. The van der Waals surface area contributed by atoms with Gasteiger partial charge in [0.05, 0.1) is 34.9 Å². The first-order valence-corrected chi connectivity index (χ1v) is 9.36. The summed E-state index contributed by atoms with van der Waals surface area (Å²) in [6, 6.07) is 2.98. The highest BCUT2D eigenvalue weighted by atomic mass is 35.5. The van der Waals surface area contributed by atoms with Gasteiger partial charge in [-0.25, -0.2) is 8.42 Å². The summed E-state index contributed by atoms with van der Waals surface area (Å²) in [6.07, 6.45) is 0. The highest BCUT2D eigenvalue weighted by Crippen LogP contribution is 2.28.